The normalized spacial score (nSPS) is 11.2. The Hall–Kier alpha value is -2.34. The highest BCUT2D eigenvalue weighted by Gasteiger charge is 2.15. The minimum Gasteiger partial charge on any atom is -0.378 e. The molecule has 0 bridgehead atoms. The molecule has 6 heteroatoms. The third kappa shape index (κ3) is 4.35. The van der Waals surface area contributed by atoms with E-state index in [0.29, 0.717) is 12.1 Å². The van der Waals surface area contributed by atoms with Crippen molar-refractivity contribution in [1.82, 2.24) is 4.90 Å². The third-order valence-corrected chi connectivity index (χ3v) is 4.84. The van der Waals surface area contributed by atoms with Gasteiger partial charge < -0.3 is 9.80 Å². The van der Waals surface area contributed by atoms with Gasteiger partial charge >= 0.3 is 0 Å². The van der Waals surface area contributed by atoms with Gasteiger partial charge in [-0.25, -0.2) is 8.42 Å². The molecule has 0 aliphatic heterocycles. The second-order valence-corrected chi connectivity index (χ2v) is 8.04. The maximum absolute atomic E-state index is 12.5. The van der Waals surface area contributed by atoms with Crippen LogP contribution >= 0.6 is 0 Å². The summed E-state index contributed by atoms with van der Waals surface area (Å²) < 4.78 is 23.3. The number of anilines is 1. The highest BCUT2D eigenvalue weighted by molar-refractivity contribution is 7.90. The topological polar surface area (TPSA) is 57.7 Å². The fourth-order valence-corrected chi connectivity index (χ4v) is 2.99. The van der Waals surface area contributed by atoms with Crippen molar-refractivity contribution in [3.05, 3.63) is 59.7 Å². The highest BCUT2D eigenvalue weighted by Crippen LogP contribution is 2.16. The SMILES string of the molecule is CN(Cc1ccc(N(C)C)cc1)C(=O)c1cccc(S(C)(=O)=O)c1. The van der Waals surface area contributed by atoms with E-state index in [9.17, 15) is 13.2 Å². The molecule has 0 atom stereocenters. The van der Waals surface area contributed by atoms with Gasteiger partial charge in [-0.05, 0) is 35.9 Å². The van der Waals surface area contributed by atoms with Crippen LogP contribution < -0.4 is 4.90 Å². The smallest absolute Gasteiger partial charge is 0.253 e. The van der Waals surface area contributed by atoms with E-state index < -0.39 is 9.84 Å². The van der Waals surface area contributed by atoms with Gasteiger partial charge in [0.05, 0.1) is 4.90 Å². The number of rotatable bonds is 5. The summed E-state index contributed by atoms with van der Waals surface area (Å²) in [6.45, 7) is 0.454. The molecular formula is C18H22N2O3S. The average Bonchev–Trinajstić information content (AvgIpc) is 2.54. The van der Waals surface area contributed by atoms with Crippen LogP contribution in [0.3, 0.4) is 0 Å². The molecule has 2 aromatic carbocycles. The van der Waals surface area contributed by atoms with Crippen LogP contribution in [0, 0.1) is 0 Å². The first-order valence-electron chi connectivity index (χ1n) is 7.50. The lowest BCUT2D eigenvalue weighted by molar-refractivity contribution is 0.0785. The number of amides is 1. The van der Waals surface area contributed by atoms with Crippen LogP contribution in [-0.2, 0) is 16.4 Å². The molecule has 5 nitrogen and oxygen atoms in total. The Labute approximate surface area is 143 Å². The number of sulfone groups is 1. The van der Waals surface area contributed by atoms with Crippen LogP contribution in [-0.4, -0.2) is 46.6 Å². The maximum Gasteiger partial charge on any atom is 0.253 e. The molecule has 0 aromatic heterocycles. The van der Waals surface area contributed by atoms with Crippen molar-refractivity contribution < 1.29 is 13.2 Å². The zero-order valence-corrected chi connectivity index (χ0v) is 15.2. The monoisotopic (exact) mass is 346 g/mol. The molecule has 0 N–H and O–H groups in total. The summed E-state index contributed by atoms with van der Waals surface area (Å²) in [7, 11) is 2.32. The van der Waals surface area contributed by atoms with Crippen molar-refractivity contribution in [2.45, 2.75) is 11.4 Å². The van der Waals surface area contributed by atoms with E-state index in [4.69, 9.17) is 0 Å². The molecule has 0 spiro atoms. The van der Waals surface area contributed by atoms with E-state index >= 15 is 0 Å². The molecule has 0 saturated carbocycles. The van der Waals surface area contributed by atoms with Crippen LogP contribution in [0.1, 0.15) is 15.9 Å². The first kappa shape index (κ1) is 18.0. The quantitative estimate of drug-likeness (QED) is 0.834. The molecule has 0 heterocycles. The zero-order valence-electron chi connectivity index (χ0n) is 14.4. The summed E-state index contributed by atoms with van der Waals surface area (Å²) in [6, 6.07) is 14.1. The Kier molecular flexibility index (Phi) is 5.29. The van der Waals surface area contributed by atoms with Crippen molar-refractivity contribution in [1.29, 1.82) is 0 Å². The van der Waals surface area contributed by atoms with Crippen molar-refractivity contribution in [3.8, 4) is 0 Å². The van der Waals surface area contributed by atoms with E-state index in [1.54, 1.807) is 24.1 Å². The molecule has 0 aliphatic carbocycles. The van der Waals surface area contributed by atoms with Crippen LogP contribution in [0.2, 0.25) is 0 Å². The van der Waals surface area contributed by atoms with Gasteiger partial charge in [0.25, 0.3) is 5.91 Å². The van der Waals surface area contributed by atoms with Crippen molar-refractivity contribution in [3.63, 3.8) is 0 Å². The van der Waals surface area contributed by atoms with E-state index in [0.717, 1.165) is 17.5 Å². The number of hydrogen-bond acceptors (Lipinski definition) is 4. The van der Waals surface area contributed by atoms with Crippen LogP contribution in [0.15, 0.2) is 53.4 Å². The predicted octanol–water partition coefficient (Wildman–Crippen LogP) is 2.43. The highest BCUT2D eigenvalue weighted by atomic mass is 32.2. The van der Waals surface area contributed by atoms with Crippen LogP contribution in [0.5, 0.6) is 0 Å². The third-order valence-electron chi connectivity index (χ3n) is 3.73. The van der Waals surface area contributed by atoms with Gasteiger partial charge in [-0.2, -0.15) is 0 Å². The number of nitrogens with zero attached hydrogens (tertiary/aromatic N) is 2. The fourth-order valence-electron chi connectivity index (χ4n) is 2.33. The lowest BCUT2D eigenvalue weighted by Crippen LogP contribution is -2.26. The largest absolute Gasteiger partial charge is 0.378 e. The Bertz CT molecular complexity index is 828. The zero-order chi connectivity index (χ0) is 17.9. The molecule has 0 aliphatic rings. The standard InChI is InChI=1S/C18H22N2O3S/c1-19(2)16-10-8-14(9-11-16)13-20(3)18(21)15-6-5-7-17(12-15)24(4,22)23/h5-12H,13H2,1-4H3. The van der Waals surface area contributed by atoms with E-state index in [-0.39, 0.29) is 10.8 Å². The van der Waals surface area contributed by atoms with Crippen molar-refractivity contribution in [2.75, 3.05) is 32.3 Å². The molecule has 0 fully saturated rings. The summed E-state index contributed by atoms with van der Waals surface area (Å²) in [6.07, 6.45) is 1.13. The lowest BCUT2D eigenvalue weighted by atomic mass is 10.1. The minimum atomic E-state index is -3.33. The number of carbonyl (C=O) groups is 1. The summed E-state index contributed by atoms with van der Waals surface area (Å²) in [5.41, 5.74) is 2.47. The summed E-state index contributed by atoms with van der Waals surface area (Å²) in [5.74, 6) is -0.211. The molecule has 2 rings (SSSR count). The van der Waals surface area contributed by atoms with Gasteiger partial charge in [-0.3, -0.25) is 4.79 Å². The van der Waals surface area contributed by atoms with Crippen LogP contribution in [0.25, 0.3) is 0 Å². The van der Waals surface area contributed by atoms with Crippen molar-refractivity contribution >= 4 is 21.4 Å². The number of carbonyl (C=O) groups excluding carboxylic acids is 1. The molecular weight excluding hydrogens is 324 g/mol. The van der Waals surface area contributed by atoms with E-state index in [1.165, 1.54) is 12.1 Å². The minimum absolute atomic E-state index is 0.150. The second kappa shape index (κ2) is 7.05. The van der Waals surface area contributed by atoms with E-state index in [1.807, 2.05) is 43.3 Å². The van der Waals surface area contributed by atoms with E-state index in [2.05, 4.69) is 0 Å². The Morgan fingerprint density at radius 2 is 1.62 bits per heavy atom. The molecule has 1 amide bonds. The number of benzene rings is 2. The maximum atomic E-state index is 12.5. The molecule has 128 valence electrons. The van der Waals surface area contributed by atoms with Gasteiger partial charge in [-0.1, -0.05) is 18.2 Å². The van der Waals surface area contributed by atoms with Gasteiger partial charge in [0.1, 0.15) is 0 Å². The Morgan fingerprint density at radius 3 is 2.17 bits per heavy atom. The number of hydrogen-bond donors (Lipinski definition) is 0. The van der Waals surface area contributed by atoms with Gasteiger partial charge in [0, 0.05) is 45.2 Å². The second-order valence-electron chi connectivity index (χ2n) is 6.02. The summed E-state index contributed by atoms with van der Waals surface area (Å²) in [4.78, 5) is 16.3. The van der Waals surface area contributed by atoms with Gasteiger partial charge in [0.2, 0.25) is 0 Å². The molecule has 24 heavy (non-hydrogen) atoms. The summed E-state index contributed by atoms with van der Waals surface area (Å²) >= 11 is 0. The fraction of sp³-hybridized carbons (Fsp3) is 0.278. The molecule has 0 unspecified atom stereocenters. The lowest BCUT2D eigenvalue weighted by Gasteiger charge is -2.19. The van der Waals surface area contributed by atoms with Gasteiger partial charge in [0.15, 0.2) is 9.84 Å². The Morgan fingerprint density at radius 1 is 1.00 bits per heavy atom. The first-order valence-corrected chi connectivity index (χ1v) is 9.39. The molecule has 0 saturated heterocycles. The van der Waals surface area contributed by atoms with Crippen LogP contribution in [0.4, 0.5) is 5.69 Å². The van der Waals surface area contributed by atoms with Gasteiger partial charge in [-0.15, -0.1) is 0 Å². The van der Waals surface area contributed by atoms with Crippen molar-refractivity contribution in [2.24, 2.45) is 0 Å². The molecule has 2 aromatic rings. The molecule has 0 radical (unpaired) electrons. The predicted molar refractivity (Wildman–Crippen MR) is 96.1 cm³/mol. The average molecular weight is 346 g/mol. The Balaban J connectivity index is 2.15. The first-order chi connectivity index (χ1) is 11.2. The summed E-state index contributed by atoms with van der Waals surface area (Å²) in [5, 5.41) is 0.